The smallest absolute Gasteiger partial charge is 0.248 e. The van der Waals surface area contributed by atoms with Crippen LogP contribution in [0.3, 0.4) is 0 Å². The van der Waals surface area contributed by atoms with E-state index in [0.717, 1.165) is 22.0 Å². The van der Waals surface area contributed by atoms with Gasteiger partial charge in [-0.1, -0.05) is 12.1 Å². The number of imidazole rings is 1. The van der Waals surface area contributed by atoms with E-state index in [2.05, 4.69) is 9.97 Å². The van der Waals surface area contributed by atoms with Gasteiger partial charge in [0.05, 0.1) is 33.5 Å². The standard InChI is InChI=1S/C20H12F2N4OS/c21-13-6-5-12-11(7-17(27)25-19(12)18(13)22)9-26-15-4-2-1-3-14(15)24-20(26)16-8-23-10-28-16/h1-8,10H,9H2,(H,25,27). The van der Waals surface area contributed by atoms with E-state index in [9.17, 15) is 13.6 Å². The fraction of sp³-hybridized carbons (Fsp3) is 0.0500. The number of nitrogens with one attached hydrogen (secondary N) is 1. The number of hydrogen-bond acceptors (Lipinski definition) is 4. The van der Waals surface area contributed by atoms with Crippen LogP contribution in [0.4, 0.5) is 8.78 Å². The molecular weight excluding hydrogens is 382 g/mol. The van der Waals surface area contributed by atoms with Crippen molar-refractivity contribution in [3.63, 3.8) is 0 Å². The number of fused-ring (bicyclic) bond motifs is 2. The lowest BCUT2D eigenvalue weighted by molar-refractivity contribution is 0.515. The second kappa shape index (κ2) is 6.35. The number of hydrogen-bond donors (Lipinski definition) is 1. The van der Waals surface area contributed by atoms with Crippen molar-refractivity contribution in [3.05, 3.63) is 81.7 Å². The number of H-pyrrole nitrogens is 1. The van der Waals surface area contributed by atoms with Gasteiger partial charge in [-0.25, -0.2) is 13.8 Å². The van der Waals surface area contributed by atoms with Gasteiger partial charge in [0.15, 0.2) is 17.5 Å². The van der Waals surface area contributed by atoms with E-state index in [1.165, 1.54) is 23.5 Å². The Morgan fingerprint density at radius 1 is 1.14 bits per heavy atom. The van der Waals surface area contributed by atoms with E-state index >= 15 is 0 Å². The van der Waals surface area contributed by atoms with E-state index in [1.807, 2.05) is 28.8 Å². The fourth-order valence-corrected chi connectivity index (χ4v) is 4.00. The molecule has 8 heteroatoms. The van der Waals surface area contributed by atoms with Crippen LogP contribution in [-0.2, 0) is 6.54 Å². The Kier molecular flexibility index (Phi) is 3.80. The first-order valence-corrected chi connectivity index (χ1v) is 9.34. The summed E-state index contributed by atoms with van der Waals surface area (Å²) in [5, 5.41) is 0.450. The molecule has 0 radical (unpaired) electrons. The van der Waals surface area contributed by atoms with Gasteiger partial charge in [0, 0.05) is 17.6 Å². The van der Waals surface area contributed by atoms with Crippen LogP contribution < -0.4 is 5.56 Å². The Bertz CT molecular complexity index is 1390. The van der Waals surface area contributed by atoms with Crippen LogP contribution in [0.15, 0.2) is 59.0 Å². The number of nitrogens with zero attached hydrogens (tertiary/aromatic N) is 3. The van der Waals surface area contributed by atoms with Gasteiger partial charge >= 0.3 is 0 Å². The minimum absolute atomic E-state index is 0.133. The Labute approximate surface area is 160 Å². The summed E-state index contributed by atoms with van der Waals surface area (Å²) in [4.78, 5) is 24.2. The second-order valence-corrected chi connectivity index (χ2v) is 7.21. The molecule has 28 heavy (non-hydrogen) atoms. The molecule has 0 bridgehead atoms. The highest BCUT2D eigenvalue weighted by atomic mass is 32.1. The maximum Gasteiger partial charge on any atom is 0.248 e. The van der Waals surface area contributed by atoms with Crippen LogP contribution in [0, 0.1) is 11.6 Å². The Morgan fingerprint density at radius 3 is 2.82 bits per heavy atom. The summed E-state index contributed by atoms with van der Waals surface area (Å²) >= 11 is 1.46. The predicted octanol–water partition coefficient (Wildman–Crippen LogP) is 4.33. The molecule has 2 aromatic carbocycles. The van der Waals surface area contributed by atoms with E-state index < -0.39 is 17.2 Å². The fourth-order valence-electron chi connectivity index (χ4n) is 3.39. The molecule has 0 fully saturated rings. The van der Waals surface area contributed by atoms with Crippen LogP contribution in [0.1, 0.15) is 5.56 Å². The predicted molar refractivity (Wildman–Crippen MR) is 104 cm³/mol. The van der Waals surface area contributed by atoms with Crippen LogP contribution in [0.2, 0.25) is 0 Å². The monoisotopic (exact) mass is 394 g/mol. The topological polar surface area (TPSA) is 63.6 Å². The second-order valence-electron chi connectivity index (χ2n) is 6.32. The van der Waals surface area contributed by atoms with Crippen molar-refractivity contribution in [2.75, 3.05) is 0 Å². The molecule has 0 unspecified atom stereocenters. The molecular formula is C20H12F2N4OS. The number of para-hydroxylation sites is 2. The van der Waals surface area contributed by atoms with Gasteiger partial charge in [-0.15, -0.1) is 11.3 Å². The number of benzene rings is 2. The highest BCUT2D eigenvalue weighted by molar-refractivity contribution is 7.13. The van der Waals surface area contributed by atoms with Gasteiger partial charge < -0.3 is 9.55 Å². The zero-order valence-electron chi connectivity index (χ0n) is 14.3. The van der Waals surface area contributed by atoms with E-state index in [4.69, 9.17) is 4.98 Å². The SMILES string of the molecule is O=c1cc(Cn2c(-c3cncs3)nc3ccccc32)c2ccc(F)c(F)c2[nH]1. The molecule has 5 nitrogen and oxygen atoms in total. The summed E-state index contributed by atoms with van der Waals surface area (Å²) < 4.78 is 29.8. The molecule has 0 atom stereocenters. The quantitative estimate of drug-likeness (QED) is 0.495. The van der Waals surface area contributed by atoms with E-state index in [0.29, 0.717) is 16.8 Å². The number of aromatic nitrogens is 4. The maximum absolute atomic E-state index is 14.2. The third-order valence-corrected chi connectivity index (χ3v) is 5.40. The first kappa shape index (κ1) is 16.8. The maximum atomic E-state index is 14.2. The van der Waals surface area contributed by atoms with Crippen molar-refractivity contribution >= 4 is 33.3 Å². The number of pyridine rings is 1. The first-order valence-electron chi connectivity index (χ1n) is 8.46. The van der Waals surface area contributed by atoms with Crippen molar-refractivity contribution in [1.29, 1.82) is 0 Å². The van der Waals surface area contributed by atoms with Gasteiger partial charge in [0.1, 0.15) is 0 Å². The average molecular weight is 394 g/mol. The molecule has 0 aliphatic heterocycles. The lowest BCUT2D eigenvalue weighted by Gasteiger charge is -2.11. The van der Waals surface area contributed by atoms with Crippen LogP contribution in [0.5, 0.6) is 0 Å². The minimum atomic E-state index is -1.06. The van der Waals surface area contributed by atoms with Crippen molar-refractivity contribution in [3.8, 4) is 10.7 Å². The van der Waals surface area contributed by atoms with Crippen molar-refractivity contribution < 1.29 is 8.78 Å². The minimum Gasteiger partial charge on any atom is -0.319 e. The molecule has 1 N–H and O–H groups in total. The molecule has 5 aromatic rings. The highest BCUT2D eigenvalue weighted by Crippen LogP contribution is 2.29. The number of halogens is 2. The Morgan fingerprint density at radius 2 is 2.00 bits per heavy atom. The van der Waals surface area contributed by atoms with Crippen LogP contribution in [-0.4, -0.2) is 19.5 Å². The average Bonchev–Trinajstić information content (AvgIpc) is 3.33. The molecule has 0 aliphatic carbocycles. The summed E-state index contributed by atoms with van der Waals surface area (Å²) in [5.74, 6) is -1.35. The van der Waals surface area contributed by atoms with Crippen molar-refractivity contribution in [1.82, 2.24) is 19.5 Å². The van der Waals surface area contributed by atoms with E-state index in [1.54, 1.807) is 11.7 Å². The largest absolute Gasteiger partial charge is 0.319 e. The van der Waals surface area contributed by atoms with Gasteiger partial charge in [-0.3, -0.25) is 9.78 Å². The summed E-state index contributed by atoms with van der Waals surface area (Å²) in [6.45, 7) is 0.277. The number of thiazole rings is 1. The normalized spacial score (nSPS) is 11.5. The van der Waals surface area contributed by atoms with Crippen molar-refractivity contribution in [2.45, 2.75) is 6.54 Å². The van der Waals surface area contributed by atoms with Crippen LogP contribution >= 0.6 is 11.3 Å². The van der Waals surface area contributed by atoms with E-state index in [-0.39, 0.29) is 12.1 Å². The van der Waals surface area contributed by atoms with Crippen molar-refractivity contribution in [2.24, 2.45) is 0 Å². The number of aromatic amines is 1. The van der Waals surface area contributed by atoms with Gasteiger partial charge in [0.25, 0.3) is 0 Å². The summed E-state index contributed by atoms with van der Waals surface area (Å²) in [5.41, 5.74) is 3.35. The van der Waals surface area contributed by atoms with Gasteiger partial charge in [0.2, 0.25) is 5.56 Å². The summed E-state index contributed by atoms with van der Waals surface area (Å²) in [6, 6.07) is 11.6. The molecule has 138 valence electrons. The molecule has 3 aromatic heterocycles. The molecule has 0 saturated heterocycles. The summed E-state index contributed by atoms with van der Waals surface area (Å²) in [7, 11) is 0. The lowest BCUT2D eigenvalue weighted by atomic mass is 10.1. The first-order chi connectivity index (χ1) is 13.6. The molecule has 0 aliphatic rings. The third kappa shape index (κ3) is 2.61. The Hall–Kier alpha value is -3.39. The van der Waals surface area contributed by atoms with Gasteiger partial charge in [-0.2, -0.15) is 0 Å². The van der Waals surface area contributed by atoms with Gasteiger partial charge in [-0.05, 0) is 29.8 Å². The molecule has 0 saturated carbocycles. The highest BCUT2D eigenvalue weighted by Gasteiger charge is 2.17. The molecule has 0 spiro atoms. The zero-order valence-corrected chi connectivity index (χ0v) is 15.1. The molecule has 0 amide bonds. The zero-order chi connectivity index (χ0) is 19.3. The third-order valence-electron chi connectivity index (χ3n) is 4.63. The number of rotatable bonds is 3. The molecule has 5 rings (SSSR count). The summed E-state index contributed by atoms with van der Waals surface area (Å²) in [6.07, 6.45) is 1.73. The lowest BCUT2D eigenvalue weighted by Crippen LogP contribution is -2.11. The molecule has 3 heterocycles. The Balaban J connectivity index is 1.77. The van der Waals surface area contributed by atoms with Crippen LogP contribution in [0.25, 0.3) is 32.6 Å².